The highest BCUT2D eigenvalue weighted by Gasteiger charge is 2.04. The Labute approximate surface area is 90.9 Å². The quantitative estimate of drug-likeness (QED) is 0.753. The van der Waals surface area contributed by atoms with Crippen molar-refractivity contribution in [2.24, 2.45) is 0 Å². The summed E-state index contributed by atoms with van der Waals surface area (Å²) in [5.41, 5.74) is 1.05. The van der Waals surface area contributed by atoms with Crippen LogP contribution in [0.3, 0.4) is 0 Å². The first-order valence-electron chi connectivity index (χ1n) is 5.20. The molecule has 0 radical (unpaired) electrons. The van der Waals surface area contributed by atoms with Crippen molar-refractivity contribution in [1.29, 1.82) is 0 Å². The Kier molecular flexibility index (Phi) is 4.84. The Morgan fingerprint density at radius 1 is 1.33 bits per heavy atom. The third-order valence-corrected chi connectivity index (χ3v) is 2.31. The Morgan fingerprint density at radius 2 is 2.00 bits per heavy atom. The van der Waals surface area contributed by atoms with E-state index in [-0.39, 0.29) is 5.91 Å². The van der Waals surface area contributed by atoms with E-state index in [9.17, 15) is 4.79 Å². The van der Waals surface area contributed by atoms with Gasteiger partial charge >= 0.3 is 0 Å². The minimum atomic E-state index is 0.0725. The maximum absolute atomic E-state index is 11.5. The first-order chi connectivity index (χ1) is 7.22. The lowest BCUT2D eigenvalue weighted by Gasteiger charge is -2.11. The van der Waals surface area contributed by atoms with E-state index >= 15 is 0 Å². The third-order valence-electron chi connectivity index (χ3n) is 2.31. The molecule has 15 heavy (non-hydrogen) atoms. The number of hydrogen-bond donors (Lipinski definition) is 2. The molecular weight excluding hydrogens is 188 g/mol. The molecule has 0 aliphatic heterocycles. The zero-order valence-corrected chi connectivity index (χ0v) is 9.29. The molecule has 82 valence electrons. The van der Waals surface area contributed by atoms with Crippen molar-refractivity contribution >= 4 is 5.91 Å². The predicted molar refractivity (Wildman–Crippen MR) is 61.7 cm³/mol. The normalized spacial score (nSPS) is 12.1. The lowest BCUT2D eigenvalue weighted by atomic mass is 10.1. The summed E-state index contributed by atoms with van der Waals surface area (Å²) >= 11 is 0. The average molecular weight is 206 g/mol. The molecule has 3 heteroatoms. The molecule has 1 aromatic carbocycles. The van der Waals surface area contributed by atoms with Crippen LogP contribution in [0.25, 0.3) is 0 Å². The number of carbonyl (C=O) groups is 1. The standard InChI is InChI=1S/C12H18N2O/c1-10(13-2)9-14-12(15)8-11-6-4-3-5-7-11/h3-7,10,13H,8-9H2,1-2H3,(H,14,15). The van der Waals surface area contributed by atoms with E-state index in [0.717, 1.165) is 5.56 Å². The van der Waals surface area contributed by atoms with Crippen molar-refractivity contribution in [2.45, 2.75) is 19.4 Å². The maximum Gasteiger partial charge on any atom is 0.224 e. The molecule has 1 unspecified atom stereocenters. The van der Waals surface area contributed by atoms with E-state index in [0.29, 0.717) is 19.0 Å². The third kappa shape index (κ3) is 4.61. The molecule has 0 aromatic heterocycles. The van der Waals surface area contributed by atoms with Gasteiger partial charge in [0.2, 0.25) is 5.91 Å². The smallest absolute Gasteiger partial charge is 0.224 e. The van der Waals surface area contributed by atoms with E-state index in [4.69, 9.17) is 0 Å². The fraction of sp³-hybridized carbons (Fsp3) is 0.417. The molecular formula is C12H18N2O. The molecule has 0 aliphatic rings. The van der Waals surface area contributed by atoms with Crippen LogP contribution in [0, 0.1) is 0 Å². The number of benzene rings is 1. The molecule has 1 atom stereocenters. The molecule has 0 heterocycles. The summed E-state index contributed by atoms with van der Waals surface area (Å²) in [6.45, 7) is 2.70. The fourth-order valence-corrected chi connectivity index (χ4v) is 1.21. The van der Waals surface area contributed by atoms with E-state index in [1.807, 2.05) is 44.3 Å². The topological polar surface area (TPSA) is 41.1 Å². The van der Waals surface area contributed by atoms with Crippen LogP contribution in [0.2, 0.25) is 0 Å². The van der Waals surface area contributed by atoms with Gasteiger partial charge in [-0.05, 0) is 19.5 Å². The molecule has 1 aromatic rings. The van der Waals surface area contributed by atoms with Gasteiger partial charge < -0.3 is 10.6 Å². The van der Waals surface area contributed by atoms with Gasteiger partial charge in [-0.3, -0.25) is 4.79 Å². The highest BCUT2D eigenvalue weighted by Crippen LogP contribution is 1.98. The van der Waals surface area contributed by atoms with Crippen LogP contribution in [0.4, 0.5) is 0 Å². The molecule has 1 rings (SSSR count). The second kappa shape index (κ2) is 6.19. The minimum absolute atomic E-state index is 0.0725. The van der Waals surface area contributed by atoms with Crippen LogP contribution >= 0.6 is 0 Å². The van der Waals surface area contributed by atoms with Crippen molar-refractivity contribution in [2.75, 3.05) is 13.6 Å². The number of rotatable bonds is 5. The van der Waals surface area contributed by atoms with Gasteiger partial charge in [0, 0.05) is 12.6 Å². The van der Waals surface area contributed by atoms with Gasteiger partial charge in [0.25, 0.3) is 0 Å². The largest absolute Gasteiger partial charge is 0.354 e. The van der Waals surface area contributed by atoms with Crippen molar-refractivity contribution in [1.82, 2.24) is 10.6 Å². The SMILES string of the molecule is CNC(C)CNC(=O)Cc1ccccc1. The lowest BCUT2D eigenvalue weighted by Crippen LogP contribution is -2.37. The molecule has 0 saturated heterocycles. The predicted octanol–water partition coefficient (Wildman–Crippen LogP) is 0.953. The Morgan fingerprint density at radius 3 is 2.60 bits per heavy atom. The highest BCUT2D eigenvalue weighted by molar-refractivity contribution is 5.78. The van der Waals surface area contributed by atoms with Gasteiger partial charge in [0.15, 0.2) is 0 Å². The number of hydrogen-bond acceptors (Lipinski definition) is 2. The Balaban J connectivity index is 2.31. The van der Waals surface area contributed by atoms with Crippen LogP contribution in [-0.4, -0.2) is 25.5 Å². The van der Waals surface area contributed by atoms with Crippen LogP contribution in [0.1, 0.15) is 12.5 Å². The summed E-state index contributed by atoms with van der Waals surface area (Å²) in [4.78, 5) is 11.5. The van der Waals surface area contributed by atoms with Crippen molar-refractivity contribution in [3.63, 3.8) is 0 Å². The summed E-state index contributed by atoms with van der Waals surface area (Å²) in [5, 5.41) is 5.95. The summed E-state index contributed by atoms with van der Waals surface area (Å²) in [6, 6.07) is 10.1. The molecule has 0 fully saturated rings. The maximum atomic E-state index is 11.5. The molecule has 0 spiro atoms. The van der Waals surface area contributed by atoms with Crippen molar-refractivity contribution in [3.05, 3.63) is 35.9 Å². The van der Waals surface area contributed by atoms with Gasteiger partial charge in [0.1, 0.15) is 0 Å². The fourth-order valence-electron chi connectivity index (χ4n) is 1.21. The van der Waals surface area contributed by atoms with E-state index in [1.165, 1.54) is 0 Å². The van der Waals surface area contributed by atoms with Gasteiger partial charge in [-0.2, -0.15) is 0 Å². The summed E-state index contributed by atoms with van der Waals surface area (Å²) in [7, 11) is 1.88. The van der Waals surface area contributed by atoms with E-state index in [2.05, 4.69) is 10.6 Å². The summed E-state index contributed by atoms with van der Waals surface area (Å²) in [5.74, 6) is 0.0725. The van der Waals surface area contributed by atoms with Gasteiger partial charge in [-0.25, -0.2) is 0 Å². The summed E-state index contributed by atoms with van der Waals surface area (Å²) < 4.78 is 0. The highest BCUT2D eigenvalue weighted by atomic mass is 16.1. The number of nitrogens with one attached hydrogen (secondary N) is 2. The van der Waals surface area contributed by atoms with Crippen LogP contribution in [0.5, 0.6) is 0 Å². The second-order valence-corrected chi connectivity index (χ2v) is 3.66. The van der Waals surface area contributed by atoms with E-state index < -0.39 is 0 Å². The van der Waals surface area contributed by atoms with Crippen molar-refractivity contribution < 1.29 is 4.79 Å². The van der Waals surface area contributed by atoms with Gasteiger partial charge in [-0.15, -0.1) is 0 Å². The average Bonchev–Trinajstić information content (AvgIpc) is 2.27. The van der Waals surface area contributed by atoms with Crippen molar-refractivity contribution in [3.8, 4) is 0 Å². The number of carbonyl (C=O) groups excluding carboxylic acids is 1. The monoisotopic (exact) mass is 206 g/mol. The van der Waals surface area contributed by atoms with Gasteiger partial charge in [-0.1, -0.05) is 30.3 Å². The zero-order chi connectivity index (χ0) is 11.1. The molecule has 2 N–H and O–H groups in total. The first kappa shape index (κ1) is 11.7. The minimum Gasteiger partial charge on any atom is -0.354 e. The van der Waals surface area contributed by atoms with Crippen LogP contribution in [0.15, 0.2) is 30.3 Å². The Bertz CT molecular complexity index is 298. The molecule has 0 saturated carbocycles. The van der Waals surface area contributed by atoms with Gasteiger partial charge in [0.05, 0.1) is 6.42 Å². The summed E-state index contributed by atoms with van der Waals surface area (Å²) in [6.07, 6.45) is 0.456. The molecule has 0 bridgehead atoms. The first-order valence-corrected chi connectivity index (χ1v) is 5.20. The molecule has 0 aliphatic carbocycles. The Hall–Kier alpha value is -1.35. The van der Waals surface area contributed by atoms with Crippen LogP contribution in [-0.2, 0) is 11.2 Å². The zero-order valence-electron chi connectivity index (χ0n) is 9.29. The number of amides is 1. The van der Waals surface area contributed by atoms with E-state index in [1.54, 1.807) is 0 Å². The number of likely N-dealkylation sites (N-methyl/N-ethyl adjacent to an activating group) is 1. The lowest BCUT2D eigenvalue weighted by molar-refractivity contribution is -0.120. The van der Waals surface area contributed by atoms with Crippen LogP contribution < -0.4 is 10.6 Å². The second-order valence-electron chi connectivity index (χ2n) is 3.66. The molecule has 3 nitrogen and oxygen atoms in total. The molecule has 1 amide bonds.